The molecule has 3 amide bonds. The van der Waals surface area contributed by atoms with Gasteiger partial charge in [0.05, 0.1) is 19.3 Å². The summed E-state index contributed by atoms with van der Waals surface area (Å²) in [5.41, 5.74) is 1.10. The molecule has 2 aliphatic heterocycles. The van der Waals surface area contributed by atoms with Gasteiger partial charge in [-0.15, -0.1) is 24.0 Å². The number of imide groups is 1. The third-order valence-corrected chi connectivity index (χ3v) is 4.77. The molecule has 2 saturated heterocycles. The van der Waals surface area contributed by atoms with Crippen LogP contribution >= 0.6 is 24.0 Å². The van der Waals surface area contributed by atoms with Crippen LogP contribution in [-0.4, -0.2) is 87.7 Å². The first-order valence-corrected chi connectivity index (χ1v) is 9.06. The number of carbonyl (C=O) groups excluding carboxylic acids is 2. The van der Waals surface area contributed by atoms with E-state index in [0.717, 1.165) is 43.6 Å². The minimum absolute atomic E-state index is 0. The quantitative estimate of drug-likeness (QED) is 0.265. The monoisotopic (exact) mass is 502 g/mol. The highest BCUT2D eigenvalue weighted by Gasteiger charge is 2.28. The Bertz CT molecular complexity index is 705. The highest BCUT2D eigenvalue weighted by atomic mass is 127. The molecular formula is C18H27IN6O3. The van der Waals surface area contributed by atoms with Crippen LogP contribution in [0.15, 0.2) is 29.3 Å². The Balaban J connectivity index is 0.00000280. The minimum Gasteiger partial charge on any atom is -0.495 e. The van der Waals surface area contributed by atoms with E-state index in [0.29, 0.717) is 13.1 Å². The molecule has 0 bridgehead atoms. The van der Waals surface area contributed by atoms with Crippen molar-refractivity contribution in [2.24, 2.45) is 4.99 Å². The summed E-state index contributed by atoms with van der Waals surface area (Å²) in [6.45, 7) is 4.23. The third kappa shape index (κ3) is 4.97. The molecule has 0 saturated carbocycles. The number of halogens is 1. The number of nitrogens with zero attached hydrogens (tertiary/aromatic N) is 4. The van der Waals surface area contributed by atoms with Crippen molar-refractivity contribution >= 4 is 47.6 Å². The predicted octanol–water partition coefficient (Wildman–Crippen LogP) is 0.562. The number of hydrogen-bond donors (Lipinski definition) is 2. The van der Waals surface area contributed by atoms with Crippen LogP contribution in [0.5, 0.6) is 5.75 Å². The molecule has 0 aromatic heterocycles. The number of methoxy groups -OCH3 is 1. The van der Waals surface area contributed by atoms with Crippen molar-refractivity contribution in [2.45, 2.75) is 0 Å². The lowest BCUT2D eigenvalue weighted by molar-refractivity contribution is -0.124. The second kappa shape index (κ2) is 10.3. The molecule has 2 heterocycles. The van der Waals surface area contributed by atoms with Crippen LogP contribution in [0.1, 0.15) is 0 Å². The standard InChI is InChI=1S/C18H26N6O3.HI/c1-19-17(20-7-8-24-16(25)13-21-18(24)26)23-11-9-22(10-12-23)14-5-3-4-6-15(14)27-2;/h3-6H,7-13H2,1-2H3,(H,19,20)(H,21,26);1H. The number of piperazine rings is 1. The third-order valence-electron chi connectivity index (χ3n) is 4.77. The van der Waals surface area contributed by atoms with E-state index in [1.807, 2.05) is 18.2 Å². The topological polar surface area (TPSA) is 89.5 Å². The van der Waals surface area contributed by atoms with E-state index in [4.69, 9.17) is 4.74 Å². The average molecular weight is 502 g/mol. The average Bonchev–Trinajstić information content (AvgIpc) is 3.03. The lowest BCUT2D eigenvalue weighted by atomic mass is 10.2. The molecular weight excluding hydrogens is 475 g/mol. The van der Waals surface area contributed by atoms with Gasteiger partial charge in [-0.2, -0.15) is 0 Å². The fourth-order valence-corrected chi connectivity index (χ4v) is 3.34. The zero-order valence-corrected chi connectivity index (χ0v) is 18.5. The fourth-order valence-electron chi connectivity index (χ4n) is 3.34. The first-order chi connectivity index (χ1) is 13.1. The van der Waals surface area contributed by atoms with Gasteiger partial charge in [-0.1, -0.05) is 12.1 Å². The van der Waals surface area contributed by atoms with E-state index >= 15 is 0 Å². The molecule has 1 aromatic carbocycles. The maximum Gasteiger partial charge on any atom is 0.324 e. The first kappa shape index (κ1) is 22.1. The van der Waals surface area contributed by atoms with Crippen LogP contribution in [-0.2, 0) is 4.79 Å². The zero-order valence-electron chi connectivity index (χ0n) is 16.2. The predicted molar refractivity (Wildman–Crippen MR) is 119 cm³/mol. The summed E-state index contributed by atoms with van der Waals surface area (Å²) in [7, 11) is 3.43. The number of hydrogen-bond acceptors (Lipinski definition) is 5. The molecule has 1 aromatic rings. The second-order valence-corrected chi connectivity index (χ2v) is 6.32. The number of aliphatic imine (C=N–C) groups is 1. The molecule has 2 aliphatic rings. The van der Waals surface area contributed by atoms with Crippen molar-refractivity contribution in [3.63, 3.8) is 0 Å². The molecule has 2 N–H and O–H groups in total. The van der Waals surface area contributed by atoms with Crippen LogP contribution in [0.3, 0.4) is 0 Å². The summed E-state index contributed by atoms with van der Waals surface area (Å²) in [5.74, 6) is 1.46. The number of carbonyl (C=O) groups is 2. The number of urea groups is 1. The Morgan fingerprint density at radius 3 is 2.54 bits per heavy atom. The van der Waals surface area contributed by atoms with E-state index in [-0.39, 0.29) is 42.5 Å². The van der Waals surface area contributed by atoms with E-state index in [1.54, 1.807) is 14.2 Å². The van der Waals surface area contributed by atoms with Gasteiger partial charge >= 0.3 is 6.03 Å². The summed E-state index contributed by atoms with van der Waals surface area (Å²) in [5, 5.41) is 5.76. The number of para-hydroxylation sites is 2. The van der Waals surface area contributed by atoms with Gasteiger partial charge in [0.15, 0.2) is 5.96 Å². The summed E-state index contributed by atoms with van der Waals surface area (Å²) in [6, 6.07) is 7.69. The number of benzene rings is 1. The Hall–Kier alpha value is -2.24. The van der Waals surface area contributed by atoms with Crippen LogP contribution in [0.4, 0.5) is 10.5 Å². The molecule has 10 heteroatoms. The van der Waals surface area contributed by atoms with E-state index in [1.165, 1.54) is 4.90 Å². The van der Waals surface area contributed by atoms with Gasteiger partial charge in [0.2, 0.25) is 5.91 Å². The van der Waals surface area contributed by atoms with Gasteiger partial charge in [0.25, 0.3) is 0 Å². The van der Waals surface area contributed by atoms with E-state index in [2.05, 4.69) is 31.5 Å². The Morgan fingerprint density at radius 1 is 1.21 bits per heavy atom. The zero-order chi connectivity index (χ0) is 19.2. The lowest BCUT2D eigenvalue weighted by Gasteiger charge is -2.38. The Morgan fingerprint density at radius 2 is 1.93 bits per heavy atom. The van der Waals surface area contributed by atoms with Gasteiger partial charge in [0, 0.05) is 46.3 Å². The van der Waals surface area contributed by atoms with Gasteiger partial charge in [0.1, 0.15) is 5.75 Å². The summed E-state index contributed by atoms with van der Waals surface area (Å²) in [4.78, 5) is 33.2. The van der Waals surface area contributed by atoms with E-state index < -0.39 is 0 Å². The molecule has 2 fully saturated rings. The fraction of sp³-hybridized carbons (Fsp3) is 0.500. The number of nitrogens with one attached hydrogen (secondary N) is 2. The van der Waals surface area contributed by atoms with Gasteiger partial charge in [-0.3, -0.25) is 14.7 Å². The van der Waals surface area contributed by atoms with Gasteiger partial charge < -0.3 is 25.2 Å². The molecule has 9 nitrogen and oxygen atoms in total. The summed E-state index contributed by atoms with van der Waals surface area (Å²) < 4.78 is 5.46. The number of amides is 3. The van der Waals surface area contributed by atoms with Crippen LogP contribution in [0.2, 0.25) is 0 Å². The molecule has 0 aliphatic carbocycles. The molecule has 0 unspecified atom stereocenters. The van der Waals surface area contributed by atoms with Crippen molar-refractivity contribution in [3.05, 3.63) is 24.3 Å². The smallest absolute Gasteiger partial charge is 0.324 e. The molecule has 0 radical (unpaired) electrons. The molecule has 0 atom stereocenters. The van der Waals surface area contributed by atoms with Gasteiger partial charge in [-0.05, 0) is 12.1 Å². The lowest BCUT2D eigenvalue weighted by Crippen LogP contribution is -2.53. The van der Waals surface area contributed by atoms with Crippen molar-refractivity contribution in [1.29, 1.82) is 0 Å². The number of ether oxygens (including phenoxy) is 1. The SMILES string of the molecule is CN=C(NCCN1C(=O)CNC1=O)N1CCN(c2ccccc2OC)CC1.I. The van der Waals surface area contributed by atoms with Gasteiger partial charge in [-0.25, -0.2) is 4.79 Å². The minimum atomic E-state index is -0.331. The number of anilines is 1. The van der Waals surface area contributed by atoms with Crippen LogP contribution in [0.25, 0.3) is 0 Å². The normalized spacial score (nSPS) is 17.4. The largest absolute Gasteiger partial charge is 0.495 e. The summed E-state index contributed by atoms with van der Waals surface area (Å²) in [6.07, 6.45) is 0. The number of rotatable bonds is 5. The van der Waals surface area contributed by atoms with Crippen molar-refractivity contribution in [3.8, 4) is 5.75 Å². The van der Waals surface area contributed by atoms with Crippen molar-refractivity contribution in [1.82, 2.24) is 20.4 Å². The van der Waals surface area contributed by atoms with E-state index in [9.17, 15) is 9.59 Å². The summed E-state index contributed by atoms with van der Waals surface area (Å²) >= 11 is 0. The van der Waals surface area contributed by atoms with Crippen molar-refractivity contribution < 1.29 is 14.3 Å². The Labute approximate surface area is 182 Å². The van der Waals surface area contributed by atoms with Crippen LogP contribution < -0.4 is 20.3 Å². The van der Waals surface area contributed by atoms with Crippen LogP contribution in [0, 0.1) is 0 Å². The maximum absolute atomic E-state index is 11.6. The van der Waals surface area contributed by atoms with Crippen molar-refractivity contribution in [2.75, 3.05) is 64.9 Å². The molecule has 0 spiro atoms. The molecule has 3 rings (SSSR count). The number of guanidine groups is 1. The molecule has 154 valence electrons. The second-order valence-electron chi connectivity index (χ2n) is 6.32. The highest BCUT2D eigenvalue weighted by Crippen LogP contribution is 2.28. The Kier molecular flexibility index (Phi) is 8.15. The maximum atomic E-state index is 11.6. The molecule has 28 heavy (non-hydrogen) atoms. The highest BCUT2D eigenvalue weighted by molar-refractivity contribution is 14.0. The first-order valence-electron chi connectivity index (χ1n) is 9.06.